The van der Waals surface area contributed by atoms with Crippen LogP contribution in [0, 0.1) is 0 Å². The lowest BCUT2D eigenvalue weighted by Gasteiger charge is -2.04. The number of nitrogens with zero attached hydrogens (tertiary/aromatic N) is 4. The summed E-state index contributed by atoms with van der Waals surface area (Å²) in [4.78, 5) is 38.3. The van der Waals surface area contributed by atoms with E-state index in [1.807, 2.05) is 0 Å². The van der Waals surface area contributed by atoms with Crippen molar-refractivity contribution in [3.8, 4) is 0 Å². The van der Waals surface area contributed by atoms with Gasteiger partial charge < -0.3 is 9.55 Å². The predicted molar refractivity (Wildman–Crippen MR) is 76.3 cm³/mol. The van der Waals surface area contributed by atoms with Crippen LogP contribution in [0.4, 0.5) is 5.95 Å². The van der Waals surface area contributed by atoms with E-state index in [0.29, 0.717) is 11.2 Å². The van der Waals surface area contributed by atoms with E-state index >= 15 is 0 Å². The standard InChI is InChI=1S/C12H9ClN6O2/c1-19-3-2-6(4-7(19)20)11(21)18-12-16-9(13)8-10(17-12)15-5-14-8/h2-5H,1H3,(H2,14,15,16,17,18,21). The molecule has 0 aliphatic rings. The van der Waals surface area contributed by atoms with Gasteiger partial charge in [0, 0.05) is 24.9 Å². The van der Waals surface area contributed by atoms with Crippen LogP contribution < -0.4 is 10.9 Å². The molecular weight excluding hydrogens is 296 g/mol. The molecule has 3 heterocycles. The first-order valence-corrected chi connectivity index (χ1v) is 6.27. The Morgan fingerprint density at radius 3 is 3.00 bits per heavy atom. The summed E-state index contributed by atoms with van der Waals surface area (Å²) in [6.07, 6.45) is 2.93. The first-order chi connectivity index (χ1) is 10.0. The number of fused-ring (bicyclic) bond motifs is 1. The second kappa shape index (κ2) is 4.98. The molecule has 0 fully saturated rings. The number of rotatable bonds is 2. The Labute approximate surface area is 122 Å². The molecule has 0 radical (unpaired) electrons. The maximum atomic E-state index is 12.1. The number of aromatic nitrogens is 5. The number of hydrogen-bond acceptors (Lipinski definition) is 5. The highest BCUT2D eigenvalue weighted by molar-refractivity contribution is 6.33. The van der Waals surface area contributed by atoms with E-state index in [-0.39, 0.29) is 22.2 Å². The predicted octanol–water partition coefficient (Wildman–Crippen LogP) is 0.957. The molecule has 8 nitrogen and oxygen atoms in total. The zero-order chi connectivity index (χ0) is 15.0. The summed E-state index contributed by atoms with van der Waals surface area (Å²) in [5.74, 6) is -0.482. The fourth-order valence-electron chi connectivity index (χ4n) is 1.72. The van der Waals surface area contributed by atoms with Crippen molar-refractivity contribution in [3.63, 3.8) is 0 Å². The van der Waals surface area contributed by atoms with E-state index in [2.05, 4.69) is 25.3 Å². The molecule has 3 rings (SSSR count). The minimum absolute atomic E-state index is 0.0188. The van der Waals surface area contributed by atoms with Gasteiger partial charge in [-0.25, -0.2) is 4.98 Å². The van der Waals surface area contributed by atoms with E-state index in [0.717, 1.165) is 0 Å². The Morgan fingerprint density at radius 1 is 1.43 bits per heavy atom. The molecule has 1 amide bonds. The first-order valence-electron chi connectivity index (χ1n) is 5.89. The van der Waals surface area contributed by atoms with Crippen LogP contribution in [0.25, 0.3) is 11.2 Å². The highest BCUT2D eigenvalue weighted by atomic mass is 35.5. The third-order valence-electron chi connectivity index (χ3n) is 2.83. The lowest BCUT2D eigenvalue weighted by Crippen LogP contribution is -2.20. The van der Waals surface area contributed by atoms with Crippen molar-refractivity contribution in [2.75, 3.05) is 5.32 Å². The smallest absolute Gasteiger partial charge is 0.258 e. The lowest BCUT2D eigenvalue weighted by molar-refractivity contribution is 0.102. The Bertz CT molecular complexity index is 900. The van der Waals surface area contributed by atoms with E-state index in [1.54, 1.807) is 7.05 Å². The molecule has 0 saturated carbocycles. The fraction of sp³-hybridized carbons (Fsp3) is 0.0833. The number of hydrogen-bond donors (Lipinski definition) is 2. The van der Waals surface area contributed by atoms with E-state index in [9.17, 15) is 9.59 Å². The van der Waals surface area contributed by atoms with Crippen LogP contribution in [0.5, 0.6) is 0 Å². The first kappa shape index (κ1) is 13.3. The number of carbonyl (C=O) groups excluding carboxylic acids is 1. The summed E-state index contributed by atoms with van der Waals surface area (Å²) < 4.78 is 1.36. The topological polar surface area (TPSA) is 106 Å². The summed E-state index contributed by atoms with van der Waals surface area (Å²) in [5.41, 5.74) is 0.752. The Balaban J connectivity index is 1.92. The van der Waals surface area contributed by atoms with E-state index in [4.69, 9.17) is 11.6 Å². The minimum Gasteiger partial charge on any atom is -0.341 e. The van der Waals surface area contributed by atoms with Crippen molar-refractivity contribution in [2.45, 2.75) is 0 Å². The zero-order valence-electron chi connectivity index (χ0n) is 10.8. The molecule has 9 heteroatoms. The van der Waals surface area contributed by atoms with Crippen LogP contribution in [0.15, 0.2) is 29.5 Å². The molecule has 0 aliphatic carbocycles. The number of pyridine rings is 1. The van der Waals surface area contributed by atoms with Gasteiger partial charge in [0.15, 0.2) is 10.8 Å². The maximum absolute atomic E-state index is 12.1. The SMILES string of the molecule is Cn1ccc(C(=O)Nc2nc(Cl)c3[nH]cnc3n2)cc1=O. The van der Waals surface area contributed by atoms with Gasteiger partial charge in [-0.05, 0) is 6.07 Å². The molecule has 106 valence electrons. The largest absolute Gasteiger partial charge is 0.341 e. The average molecular weight is 305 g/mol. The molecule has 0 atom stereocenters. The second-order valence-electron chi connectivity index (χ2n) is 4.26. The van der Waals surface area contributed by atoms with Gasteiger partial charge in [0.25, 0.3) is 11.5 Å². The van der Waals surface area contributed by atoms with Crippen molar-refractivity contribution in [3.05, 3.63) is 45.7 Å². The summed E-state index contributed by atoms with van der Waals surface area (Å²) in [6, 6.07) is 2.75. The van der Waals surface area contributed by atoms with Gasteiger partial charge in [0.1, 0.15) is 5.52 Å². The quantitative estimate of drug-likeness (QED) is 0.686. The minimum atomic E-state index is -0.501. The summed E-state index contributed by atoms with van der Waals surface area (Å²) in [7, 11) is 1.60. The van der Waals surface area contributed by atoms with Crippen molar-refractivity contribution >= 4 is 34.6 Å². The third-order valence-corrected chi connectivity index (χ3v) is 3.11. The number of amides is 1. The number of H-pyrrole nitrogens is 1. The van der Waals surface area contributed by atoms with Gasteiger partial charge in [-0.2, -0.15) is 9.97 Å². The number of aryl methyl sites for hydroxylation is 1. The highest BCUT2D eigenvalue weighted by Crippen LogP contribution is 2.18. The van der Waals surface area contributed by atoms with Gasteiger partial charge >= 0.3 is 0 Å². The fourth-order valence-corrected chi connectivity index (χ4v) is 1.94. The molecule has 2 N–H and O–H groups in total. The van der Waals surface area contributed by atoms with Gasteiger partial charge in [-0.1, -0.05) is 11.6 Å². The normalized spacial score (nSPS) is 10.8. The van der Waals surface area contributed by atoms with Crippen LogP contribution in [-0.2, 0) is 7.05 Å². The number of nitrogens with one attached hydrogen (secondary N) is 2. The molecule has 3 aromatic rings. The Morgan fingerprint density at radius 2 is 2.24 bits per heavy atom. The summed E-state index contributed by atoms with van der Waals surface area (Å²) in [5, 5.41) is 2.63. The average Bonchev–Trinajstić information content (AvgIpc) is 2.90. The number of carbonyl (C=O) groups is 1. The molecule has 0 bridgehead atoms. The lowest BCUT2D eigenvalue weighted by atomic mass is 10.2. The number of halogens is 1. The zero-order valence-corrected chi connectivity index (χ0v) is 11.5. The number of aromatic amines is 1. The molecule has 21 heavy (non-hydrogen) atoms. The molecule has 0 saturated heterocycles. The Hall–Kier alpha value is -2.74. The number of imidazole rings is 1. The van der Waals surface area contributed by atoms with Crippen molar-refractivity contribution in [1.82, 2.24) is 24.5 Å². The van der Waals surface area contributed by atoms with Gasteiger partial charge in [-0.15, -0.1) is 0 Å². The monoisotopic (exact) mass is 304 g/mol. The van der Waals surface area contributed by atoms with Crippen LogP contribution >= 0.6 is 11.6 Å². The maximum Gasteiger partial charge on any atom is 0.258 e. The second-order valence-corrected chi connectivity index (χ2v) is 4.62. The summed E-state index contributed by atoms with van der Waals surface area (Å²) in [6.45, 7) is 0. The van der Waals surface area contributed by atoms with Gasteiger partial charge in [0.2, 0.25) is 5.95 Å². The van der Waals surface area contributed by atoms with Crippen molar-refractivity contribution < 1.29 is 4.79 Å². The number of anilines is 1. The molecule has 3 aromatic heterocycles. The summed E-state index contributed by atoms with van der Waals surface area (Å²) >= 11 is 5.95. The molecule has 0 spiro atoms. The van der Waals surface area contributed by atoms with Crippen molar-refractivity contribution in [2.24, 2.45) is 7.05 Å². The van der Waals surface area contributed by atoms with Crippen LogP contribution in [0.1, 0.15) is 10.4 Å². The van der Waals surface area contributed by atoms with Gasteiger partial charge in [0.05, 0.1) is 6.33 Å². The highest BCUT2D eigenvalue weighted by Gasteiger charge is 2.12. The molecule has 0 unspecified atom stereocenters. The van der Waals surface area contributed by atoms with Crippen LogP contribution in [0.3, 0.4) is 0 Å². The third kappa shape index (κ3) is 2.48. The molecule has 0 aromatic carbocycles. The van der Waals surface area contributed by atoms with Crippen molar-refractivity contribution in [1.29, 1.82) is 0 Å². The van der Waals surface area contributed by atoms with Crippen LogP contribution in [-0.4, -0.2) is 30.4 Å². The molecular formula is C12H9ClN6O2. The van der Waals surface area contributed by atoms with Gasteiger partial charge in [-0.3, -0.25) is 14.9 Å². The van der Waals surface area contributed by atoms with E-state index in [1.165, 1.54) is 29.2 Å². The Kier molecular flexibility index (Phi) is 3.15. The van der Waals surface area contributed by atoms with E-state index < -0.39 is 5.91 Å². The molecule has 0 aliphatic heterocycles. The van der Waals surface area contributed by atoms with Crippen LogP contribution in [0.2, 0.25) is 5.15 Å².